The lowest BCUT2D eigenvalue weighted by molar-refractivity contribution is -0.162. The third-order valence-electron chi connectivity index (χ3n) is 3.70. The molecule has 0 aromatic carbocycles. The maximum absolute atomic E-state index is 12.0. The Hall–Kier alpha value is -0.313. The summed E-state index contributed by atoms with van der Waals surface area (Å²) in [5.41, 5.74) is -0.106. The maximum atomic E-state index is 12.0. The summed E-state index contributed by atoms with van der Waals surface area (Å²) < 4.78 is 5.92. The van der Waals surface area contributed by atoms with Gasteiger partial charge < -0.3 is 4.74 Å². The average molecular weight is 256 g/mol. The van der Waals surface area contributed by atoms with E-state index in [1.807, 2.05) is 13.8 Å². The summed E-state index contributed by atoms with van der Waals surface area (Å²) in [5, 5.41) is 0. The van der Waals surface area contributed by atoms with Crippen molar-refractivity contribution in [1.82, 2.24) is 0 Å². The molecule has 0 saturated heterocycles. The lowest BCUT2D eigenvalue weighted by Gasteiger charge is -2.35. The summed E-state index contributed by atoms with van der Waals surface area (Å²) in [6.07, 6.45) is 5.48. The van der Waals surface area contributed by atoms with E-state index in [1.165, 1.54) is 12.8 Å². The Morgan fingerprint density at radius 3 is 2.24 bits per heavy atom. The lowest BCUT2D eigenvalue weighted by Crippen LogP contribution is -2.40. The van der Waals surface area contributed by atoms with Crippen LogP contribution in [-0.2, 0) is 9.53 Å². The van der Waals surface area contributed by atoms with Gasteiger partial charge in [-0.2, -0.15) is 0 Å². The molecule has 3 heteroatoms. The van der Waals surface area contributed by atoms with Crippen LogP contribution in [-0.4, -0.2) is 19.6 Å². The second kappa shape index (κ2) is 5.55. The highest BCUT2D eigenvalue weighted by Gasteiger charge is 2.41. The molecule has 0 bridgehead atoms. The largest absolute Gasteiger partial charge is 0.459 e. The number of hydrogen-bond donors (Lipinski definition) is 0. The summed E-state index contributed by atoms with van der Waals surface area (Å²) in [6, 6.07) is 1.13. The standard InChI is InChI=1S/C14H28O2Si/c1-6-12(2)13(15)16-14(9-7-8-10-14)11-17(3,4)5/h12H,6-11H2,1-5H3. The van der Waals surface area contributed by atoms with Crippen LogP contribution < -0.4 is 0 Å². The van der Waals surface area contributed by atoms with Gasteiger partial charge in [0, 0.05) is 8.07 Å². The fourth-order valence-electron chi connectivity index (χ4n) is 2.78. The third-order valence-corrected chi connectivity index (χ3v) is 5.40. The molecule has 1 unspecified atom stereocenters. The quantitative estimate of drug-likeness (QED) is 0.543. The number of carbonyl (C=O) groups is 1. The molecule has 1 aliphatic carbocycles. The van der Waals surface area contributed by atoms with Gasteiger partial charge in [-0.1, -0.05) is 33.5 Å². The molecule has 0 amide bonds. The van der Waals surface area contributed by atoms with E-state index in [4.69, 9.17) is 4.74 Å². The van der Waals surface area contributed by atoms with Crippen molar-refractivity contribution in [2.75, 3.05) is 0 Å². The summed E-state index contributed by atoms with van der Waals surface area (Å²) in [6.45, 7) is 11.1. The number of carbonyl (C=O) groups excluding carboxylic acids is 1. The van der Waals surface area contributed by atoms with Crippen molar-refractivity contribution in [3.8, 4) is 0 Å². The predicted molar refractivity (Wildman–Crippen MR) is 74.9 cm³/mol. The van der Waals surface area contributed by atoms with Gasteiger partial charge in [-0.3, -0.25) is 4.79 Å². The highest BCUT2D eigenvalue weighted by atomic mass is 28.3. The van der Waals surface area contributed by atoms with Gasteiger partial charge in [-0.15, -0.1) is 0 Å². The number of ether oxygens (including phenoxy) is 1. The van der Waals surface area contributed by atoms with Crippen LogP contribution in [0.15, 0.2) is 0 Å². The maximum Gasteiger partial charge on any atom is 0.309 e. The average Bonchev–Trinajstić information content (AvgIpc) is 2.62. The molecule has 0 aromatic heterocycles. The zero-order valence-corrected chi connectivity index (χ0v) is 13.1. The highest BCUT2D eigenvalue weighted by molar-refractivity contribution is 6.76. The number of hydrogen-bond acceptors (Lipinski definition) is 2. The van der Waals surface area contributed by atoms with E-state index in [1.54, 1.807) is 0 Å². The van der Waals surface area contributed by atoms with E-state index in [2.05, 4.69) is 19.6 Å². The van der Waals surface area contributed by atoms with E-state index in [9.17, 15) is 4.79 Å². The van der Waals surface area contributed by atoms with E-state index >= 15 is 0 Å². The van der Waals surface area contributed by atoms with E-state index in [0.717, 1.165) is 25.3 Å². The zero-order chi connectivity index (χ0) is 13.1. The minimum Gasteiger partial charge on any atom is -0.459 e. The number of rotatable bonds is 5. The molecular weight excluding hydrogens is 228 g/mol. The summed E-state index contributed by atoms with van der Waals surface area (Å²) >= 11 is 0. The molecule has 1 fully saturated rings. The van der Waals surface area contributed by atoms with Crippen LogP contribution in [0.2, 0.25) is 25.7 Å². The Morgan fingerprint density at radius 2 is 1.82 bits per heavy atom. The van der Waals surface area contributed by atoms with Gasteiger partial charge in [-0.05, 0) is 38.1 Å². The smallest absolute Gasteiger partial charge is 0.309 e. The Bertz CT molecular complexity index is 262. The van der Waals surface area contributed by atoms with Crippen LogP contribution in [0.5, 0.6) is 0 Å². The minimum absolute atomic E-state index is 0.0210. The molecule has 0 heterocycles. The first-order chi connectivity index (χ1) is 7.78. The van der Waals surface area contributed by atoms with Crippen LogP contribution in [0.3, 0.4) is 0 Å². The zero-order valence-electron chi connectivity index (χ0n) is 12.1. The first kappa shape index (κ1) is 14.7. The van der Waals surface area contributed by atoms with Gasteiger partial charge in [0.1, 0.15) is 5.60 Å². The lowest BCUT2D eigenvalue weighted by atomic mass is 10.0. The normalized spacial score (nSPS) is 21.2. The Labute approximate surface area is 107 Å². The second-order valence-electron chi connectivity index (χ2n) is 6.86. The first-order valence-corrected chi connectivity index (χ1v) is 10.7. The first-order valence-electron chi connectivity index (χ1n) is 7.01. The predicted octanol–water partition coefficient (Wildman–Crippen LogP) is 4.23. The molecule has 100 valence electrons. The van der Waals surface area contributed by atoms with Crippen molar-refractivity contribution in [2.24, 2.45) is 5.92 Å². The van der Waals surface area contributed by atoms with Gasteiger partial charge >= 0.3 is 5.97 Å². The monoisotopic (exact) mass is 256 g/mol. The van der Waals surface area contributed by atoms with Crippen LogP contribution in [0, 0.1) is 5.92 Å². The Balaban J connectivity index is 2.69. The van der Waals surface area contributed by atoms with Crippen molar-refractivity contribution >= 4 is 14.0 Å². The SMILES string of the molecule is CCC(C)C(=O)OC1(C[Si](C)(C)C)CCCC1. The Morgan fingerprint density at radius 1 is 1.29 bits per heavy atom. The molecule has 1 atom stereocenters. The fourth-order valence-corrected chi connectivity index (χ4v) is 5.14. The molecule has 2 nitrogen and oxygen atoms in total. The van der Waals surface area contributed by atoms with E-state index in [-0.39, 0.29) is 17.5 Å². The summed E-state index contributed by atoms with van der Waals surface area (Å²) in [4.78, 5) is 12.0. The van der Waals surface area contributed by atoms with Crippen molar-refractivity contribution in [2.45, 2.75) is 77.2 Å². The Kier molecular flexibility index (Phi) is 4.82. The molecule has 1 saturated carbocycles. The van der Waals surface area contributed by atoms with Gasteiger partial charge in [0.2, 0.25) is 0 Å². The van der Waals surface area contributed by atoms with Gasteiger partial charge in [-0.25, -0.2) is 0 Å². The number of esters is 1. The second-order valence-corrected chi connectivity index (χ2v) is 12.3. The molecular formula is C14H28O2Si. The molecule has 17 heavy (non-hydrogen) atoms. The summed E-state index contributed by atoms with van der Waals surface area (Å²) in [7, 11) is -1.18. The van der Waals surface area contributed by atoms with Crippen molar-refractivity contribution < 1.29 is 9.53 Å². The van der Waals surface area contributed by atoms with Crippen LogP contribution in [0.1, 0.15) is 46.0 Å². The van der Waals surface area contributed by atoms with Gasteiger partial charge in [0.25, 0.3) is 0 Å². The molecule has 1 aliphatic rings. The molecule has 0 radical (unpaired) electrons. The van der Waals surface area contributed by atoms with Gasteiger partial charge in [0.05, 0.1) is 5.92 Å². The van der Waals surface area contributed by atoms with E-state index in [0.29, 0.717) is 0 Å². The summed E-state index contributed by atoms with van der Waals surface area (Å²) in [5.74, 6) is 0.0711. The highest BCUT2D eigenvalue weighted by Crippen LogP contribution is 2.40. The van der Waals surface area contributed by atoms with Crippen molar-refractivity contribution in [3.63, 3.8) is 0 Å². The van der Waals surface area contributed by atoms with Gasteiger partial charge in [0.15, 0.2) is 0 Å². The topological polar surface area (TPSA) is 26.3 Å². The van der Waals surface area contributed by atoms with Crippen LogP contribution in [0.25, 0.3) is 0 Å². The van der Waals surface area contributed by atoms with E-state index < -0.39 is 8.07 Å². The van der Waals surface area contributed by atoms with Crippen molar-refractivity contribution in [3.05, 3.63) is 0 Å². The van der Waals surface area contributed by atoms with Crippen molar-refractivity contribution in [1.29, 1.82) is 0 Å². The molecule has 0 N–H and O–H groups in total. The molecule has 1 rings (SSSR count). The van der Waals surface area contributed by atoms with Crippen LogP contribution in [0.4, 0.5) is 0 Å². The molecule has 0 aromatic rings. The molecule has 0 spiro atoms. The minimum atomic E-state index is -1.18. The fraction of sp³-hybridized carbons (Fsp3) is 0.929. The molecule has 0 aliphatic heterocycles. The van der Waals surface area contributed by atoms with Crippen LogP contribution >= 0.6 is 0 Å². The third kappa shape index (κ3) is 4.45.